The van der Waals surface area contributed by atoms with Crippen molar-refractivity contribution in [2.45, 2.75) is 12.5 Å². The number of fused-ring (bicyclic) bond motifs is 1. The first-order valence-corrected chi connectivity index (χ1v) is 6.21. The molecule has 1 unspecified atom stereocenters. The number of hydrogen-bond donors (Lipinski definition) is 1. The Balaban J connectivity index is 2.40. The largest absolute Gasteiger partial charge is 0.479 e. The highest BCUT2D eigenvalue weighted by atomic mass is 19.2. The van der Waals surface area contributed by atoms with Crippen molar-refractivity contribution in [3.05, 3.63) is 47.5 Å². The van der Waals surface area contributed by atoms with Crippen molar-refractivity contribution in [3.63, 3.8) is 0 Å². The summed E-state index contributed by atoms with van der Waals surface area (Å²) in [6.45, 7) is 3.25. The van der Waals surface area contributed by atoms with Gasteiger partial charge in [-0.3, -0.25) is 4.90 Å². The average molecular weight is 297 g/mol. The highest BCUT2D eigenvalue weighted by Crippen LogP contribution is 2.32. The lowest BCUT2D eigenvalue weighted by Gasteiger charge is -2.34. The molecule has 0 spiro atoms. The second-order valence-electron chi connectivity index (χ2n) is 4.48. The molecule has 21 heavy (non-hydrogen) atoms. The molecule has 1 amide bonds. The van der Waals surface area contributed by atoms with E-state index < -0.39 is 29.7 Å². The minimum atomic E-state index is -1.40. The van der Waals surface area contributed by atoms with Crippen molar-refractivity contribution in [2.75, 3.05) is 13.2 Å². The van der Waals surface area contributed by atoms with Gasteiger partial charge in [0.05, 0.1) is 0 Å². The van der Waals surface area contributed by atoms with Gasteiger partial charge in [-0.05, 0) is 23.6 Å². The van der Waals surface area contributed by atoms with Crippen molar-refractivity contribution in [1.29, 1.82) is 0 Å². The number of nitrogens with zero attached hydrogens (tertiary/aromatic N) is 1. The number of ether oxygens (including phenoxy) is 1. The maximum Gasteiger partial charge on any atom is 0.411 e. The van der Waals surface area contributed by atoms with E-state index >= 15 is 0 Å². The molecular weight excluding hydrogens is 284 g/mol. The van der Waals surface area contributed by atoms with Gasteiger partial charge in [0.2, 0.25) is 0 Å². The number of carbonyl (C=O) groups excluding carboxylic acids is 1. The highest BCUT2D eigenvalue weighted by molar-refractivity contribution is 5.82. The molecule has 0 fully saturated rings. The quantitative estimate of drug-likeness (QED) is 0.869. The molecule has 0 saturated carbocycles. The minimum Gasteiger partial charge on any atom is -0.479 e. The van der Waals surface area contributed by atoms with Crippen LogP contribution in [0, 0.1) is 11.6 Å². The smallest absolute Gasteiger partial charge is 0.411 e. The molecule has 1 aliphatic heterocycles. The summed E-state index contributed by atoms with van der Waals surface area (Å²) in [5, 5.41) is 9.30. The van der Waals surface area contributed by atoms with E-state index in [0.717, 1.165) is 11.0 Å². The van der Waals surface area contributed by atoms with Gasteiger partial charge < -0.3 is 9.84 Å². The van der Waals surface area contributed by atoms with E-state index in [1.807, 2.05) is 0 Å². The Labute approximate surface area is 119 Å². The van der Waals surface area contributed by atoms with Gasteiger partial charge >= 0.3 is 12.1 Å². The van der Waals surface area contributed by atoms with Crippen molar-refractivity contribution >= 4 is 12.1 Å². The van der Waals surface area contributed by atoms with Crippen LogP contribution in [0.2, 0.25) is 0 Å². The number of carboxylic acids is 1. The summed E-state index contributed by atoms with van der Waals surface area (Å²) in [6, 6.07) is 0.628. The molecule has 1 atom stereocenters. The van der Waals surface area contributed by atoms with Crippen LogP contribution in [0.4, 0.5) is 13.6 Å². The number of hydrogen-bond acceptors (Lipinski definition) is 3. The fourth-order valence-corrected chi connectivity index (χ4v) is 2.32. The van der Waals surface area contributed by atoms with Gasteiger partial charge in [0.25, 0.3) is 0 Å². The highest BCUT2D eigenvalue weighted by Gasteiger charge is 2.38. The second kappa shape index (κ2) is 5.90. The van der Waals surface area contributed by atoms with Crippen LogP contribution >= 0.6 is 0 Å². The van der Waals surface area contributed by atoms with E-state index in [-0.39, 0.29) is 30.7 Å². The molecular formula is C14H13F2NO4. The Morgan fingerprint density at radius 2 is 2.19 bits per heavy atom. The zero-order valence-corrected chi connectivity index (χ0v) is 11.0. The molecule has 5 nitrogen and oxygen atoms in total. The Hall–Kier alpha value is -2.44. The van der Waals surface area contributed by atoms with Crippen molar-refractivity contribution < 1.29 is 28.2 Å². The Bertz CT molecular complexity index is 603. The normalized spacial score (nSPS) is 17.0. The van der Waals surface area contributed by atoms with Gasteiger partial charge in [-0.25, -0.2) is 18.4 Å². The Kier molecular flexibility index (Phi) is 4.21. The Morgan fingerprint density at radius 3 is 2.81 bits per heavy atom. The summed E-state index contributed by atoms with van der Waals surface area (Å²) < 4.78 is 31.8. The van der Waals surface area contributed by atoms with Crippen LogP contribution in [0.1, 0.15) is 17.2 Å². The third-order valence-electron chi connectivity index (χ3n) is 3.23. The molecule has 1 heterocycles. The fourth-order valence-electron chi connectivity index (χ4n) is 2.32. The van der Waals surface area contributed by atoms with Crippen LogP contribution in [0.3, 0.4) is 0 Å². The maximum absolute atomic E-state index is 13.7. The number of halogens is 2. The summed E-state index contributed by atoms with van der Waals surface area (Å²) in [7, 11) is 0. The lowest BCUT2D eigenvalue weighted by atomic mass is 9.92. The number of carbonyl (C=O) groups is 2. The number of carboxylic acid groups (broad SMARTS) is 1. The van der Waals surface area contributed by atoms with Gasteiger partial charge in [0.15, 0.2) is 17.7 Å². The van der Waals surface area contributed by atoms with Gasteiger partial charge in [0.1, 0.15) is 6.61 Å². The molecule has 0 bridgehead atoms. The summed E-state index contributed by atoms with van der Waals surface area (Å²) in [5.41, 5.74) is 0.0402. The van der Waals surface area contributed by atoms with E-state index in [2.05, 4.69) is 6.58 Å². The number of benzene rings is 1. The first kappa shape index (κ1) is 15.0. The van der Waals surface area contributed by atoms with Crippen LogP contribution in [-0.2, 0) is 16.0 Å². The summed E-state index contributed by atoms with van der Waals surface area (Å²) in [5.74, 6) is -3.45. The Morgan fingerprint density at radius 1 is 1.48 bits per heavy atom. The molecule has 1 aromatic rings. The second-order valence-corrected chi connectivity index (χ2v) is 4.48. The summed E-state index contributed by atoms with van der Waals surface area (Å²) in [4.78, 5) is 24.3. The summed E-state index contributed by atoms with van der Waals surface area (Å²) in [6.07, 6.45) is 0.532. The van der Waals surface area contributed by atoms with Gasteiger partial charge in [-0.2, -0.15) is 0 Å². The van der Waals surface area contributed by atoms with Crippen LogP contribution in [0.15, 0.2) is 24.8 Å². The van der Waals surface area contributed by atoms with Crippen LogP contribution in [0.5, 0.6) is 0 Å². The SMILES string of the molecule is C=CCOC(=O)N1CCc2c(ccc(F)c2F)C1C(=O)O. The van der Waals surface area contributed by atoms with Crippen LogP contribution in [0.25, 0.3) is 0 Å². The predicted octanol–water partition coefficient (Wildman–Crippen LogP) is 2.27. The maximum atomic E-state index is 13.7. The third-order valence-corrected chi connectivity index (χ3v) is 3.23. The molecule has 0 radical (unpaired) electrons. The van der Waals surface area contributed by atoms with Crippen molar-refractivity contribution in [3.8, 4) is 0 Å². The van der Waals surface area contributed by atoms with E-state index in [1.165, 1.54) is 12.1 Å². The number of rotatable bonds is 3. The number of amides is 1. The summed E-state index contributed by atoms with van der Waals surface area (Å²) >= 11 is 0. The number of aliphatic carboxylic acids is 1. The first-order valence-electron chi connectivity index (χ1n) is 6.21. The van der Waals surface area contributed by atoms with Crippen molar-refractivity contribution in [1.82, 2.24) is 4.90 Å². The molecule has 112 valence electrons. The average Bonchev–Trinajstić information content (AvgIpc) is 2.47. The zero-order valence-electron chi connectivity index (χ0n) is 11.0. The van der Waals surface area contributed by atoms with Crippen LogP contribution in [-0.4, -0.2) is 35.2 Å². The topological polar surface area (TPSA) is 66.8 Å². The molecule has 1 aromatic carbocycles. The van der Waals surface area contributed by atoms with Gasteiger partial charge in [-0.1, -0.05) is 18.7 Å². The monoisotopic (exact) mass is 297 g/mol. The van der Waals surface area contributed by atoms with Crippen LogP contribution < -0.4 is 0 Å². The first-order chi connectivity index (χ1) is 9.97. The predicted molar refractivity (Wildman–Crippen MR) is 68.7 cm³/mol. The van der Waals surface area contributed by atoms with Gasteiger partial charge in [-0.15, -0.1) is 0 Å². The van der Waals surface area contributed by atoms with Crippen molar-refractivity contribution in [2.24, 2.45) is 0 Å². The van der Waals surface area contributed by atoms with E-state index in [1.54, 1.807) is 0 Å². The molecule has 1 N–H and O–H groups in total. The fraction of sp³-hybridized carbons (Fsp3) is 0.286. The molecule has 1 aliphatic rings. The zero-order chi connectivity index (χ0) is 15.6. The van der Waals surface area contributed by atoms with Gasteiger partial charge in [0, 0.05) is 6.54 Å². The lowest BCUT2D eigenvalue weighted by Crippen LogP contribution is -2.44. The molecule has 7 heteroatoms. The van der Waals surface area contributed by atoms with E-state index in [9.17, 15) is 23.5 Å². The third kappa shape index (κ3) is 2.72. The van der Waals surface area contributed by atoms with E-state index in [4.69, 9.17) is 4.74 Å². The minimum absolute atomic E-state index is 0.0184. The lowest BCUT2D eigenvalue weighted by molar-refractivity contribution is -0.143. The molecule has 2 rings (SSSR count). The van der Waals surface area contributed by atoms with E-state index in [0.29, 0.717) is 0 Å². The molecule has 0 saturated heterocycles. The molecule has 0 aromatic heterocycles. The molecule has 0 aliphatic carbocycles. The standard InChI is InChI=1S/C14H13F2NO4/c1-2-7-21-14(20)17-6-5-8-9(12(17)13(18)19)3-4-10(15)11(8)16/h2-4,12H,1,5-7H2,(H,18,19).